The highest BCUT2D eigenvalue weighted by molar-refractivity contribution is 5.85. The highest BCUT2D eigenvalue weighted by Crippen LogP contribution is 2.32. The molecule has 3 N–H and O–H groups in total. The van der Waals surface area contributed by atoms with Crippen LogP contribution >= 0.6 is 12.4 Å². The Kier molecular flexibility index (Phi) is 4.41. The summed E-state index contributed by atoms with van der Waals surface area (Å²) in [5.74, 6) is 1.40. The first kappa shape index (κ1) is 13.1. The summed E-state index contributed by atoms with van der Waals surface area (Å²) in [4.78, 5) is 0. The van der Waals surface area contributed by atoms with E-state index in [0.717, 1.165) is 11.3 Å². The fraction of sp³-hybridized carbons (Fsp3) is 0.455. The van der Waals surface area contributed by atoms with Gasteiger partial charge in [0.2, 0.25) is 0 Å². The van der Waals surface area contributed by atoms with Crippen LogP contribution in [0.5, 0.6) is 11.5 Å². The first-order valence-electron chi connectivity index (χ1n) is 5.01. The van der Waals surface area contributed by atoms with Crippen LogP contribution in [-0.4, -0.2) is 24.4 Å². The van der Waals surface area contributed by atoms with E-state index >= 15 is 0 Å². The molecule has 0 aliphatic carbocycles. The van der Waals surface area contributed by atoms with E-state index in [1.807, 2.05) is 6.07 Å². The summed E-state index contributed by atoms with van der Waals surface area (Å²) >= 11 is 0. The van der Waals surface area contributed by atoms with Crippen LogP contribution in [0.3, 0.4) is 0 Å². The van der Waals surface area contributed by atoms with Crippen LogP contribution in [-0.2, 0) is 0 Å². The quantitative estimate of drug-likeness (QED) is 0.824. The maximum atomic E-state index is 9.78. The Morgan fingerprint density at radius 1 is 1.25 bits per heavy atom. The third-order valence-corrected chi connectivity index (χ3v) is 2.41. The van der Waals surface area contributed by atoms with Crippen LogP contribution in [0.2, 0.25) is 0 Å². The number of rotatable bonds is 2. The molecule has 5 heteroatoms. The van der Waals surface area contributed by atoms with Crippen LogP contribution in [0.4, 0.5) is 0 Å². The zero-order valence-electron chi connectivity index (χ0n) is 9.05. The summed E-state index contributed by atoms with van der Waals surface area (Å²) in [5, 5.41) is 9.78. The number of aliphatic hydroxyl groups is 1. The van der Waals surface area contributed by atoms with Crippen molar-refractivity contribution in [3.05, 3.63) is 23.8 Å². The Morgan fingerprint density at radius 3 is 2.50 bits per heavy atom. The molecule has 0 amide bonds. The lowest BCUT2D eigenvalue weighted by molar-refractivity contribution is 0.149. The molecule has 0 saturated heterocycles. The van der Waals surface area contributed by atoms with Crippen molar-refractivity contribution in [1.29, 1.82) is 0 Å². The summed E-state index contributed by atoms with van der Waals surface area (Å²) in [6.07, 6.45) is -0.666. The van der Waals surface area contributed by atoms with Gasteiger partial charge in [-0.3, -0.25) is 0 Å². The fourth-order valence-electron chi connectivity index (χ4n) is 1.55. The number of benzene rings is 1. The summed E-state index contributed by atoms with van der Waals surface area (Å²) in [7, 11) is 0. The van der Waals surface area contributed by atoms with E-state index in [-0.39, 0.29) is 18.4 Å². The van der Waals surface area contributed by atoms with Crippen molar-refractivity contribution >= 4 is 12.4 Å². The summed E-state index contributed by atoms with van der Waals surface area (Å²) in [6.45, 7) is 2.88. The van der Waals surface area contributed by atoms with E-state index in [4.69, 9.17) is 15.2 Å². The van der Waals surface area contributed by atoms with E-state index in [2.05, 4.69) is 0 Å². The highest BCUT2D eigenvalue weighted by Gasteiger charge is 2.17. The van der Waals surface area contributed by atoms with Gasteiger partial charge in [-0.1, -0.05) is 6.07 Å². The fourth-order valence-corrected chi connectivity index (χ4v) is 1.55. The standard InChI is InChI=1S/C11H15NO3.ClH/c1-7(12)11(13)8-2-3-9-10(6-8)15-5-4-14-9;/h2-3,6-7,11,13H,4-5,12H2,1H3;1H/t7-,11+;/m0./s1. The number of fused-ring (bicyclic) bond motifs is 1. The molecule has 0 bridgehead atoms. The van der Waals surface area contributed by atoms with Gasteiger partial charge in [-0.25, -0.2) is 0 Å². The largest absolute Gasteiger partial charge is 0.486 e. The minimum atomic E-state index is -0.666. The SMILES string of the molecule is C[C@H](N)[C@@H](O)c1ccc2c(c1)OCCO2.Cl. The minimum Gasteiger partial charge on any atom is -0.486 e. The van der Waals surface area contributed by atoms with Gasteiger partial charge in [-0.05, 0) is 24.6 Å². The number of hydrogen-bond acceptors (Lipinski definition) is 4. The molecule has 90 valence electrons. The van der Waals surface area contributed by atoms with E-state index in [1.165, 1.54) is 0 Å². The molecule has 0 aromatic heterocycles. The zero-order valence-corrected chi connectivity index (χ0v) is 9.87. The number of ether oxygens (including phenoxy) is 2. The van der Waals surface area contributed by atoms with Gasteiger partial charge >= 0.3 is 0 Å². The highest BCUT2D eigenvalue weighted by atomic mass is 35.5. The Bertz CT molecular complexity index is 357. The van der Waals surface area contributed by atoms with Crippen molar-refractivity contribution in [3.8, 4) is 11.5 Å². The predicted molar refractivity (Wildman–Crippen MR) is 63.3 cm³/mol. The smallest absolute Gasteiger partial charge is 0.161 e. The van der Waals surface area contributed by atoms with Gasteiger partial charge in [0.15, 0.2) is 11.5 Å². The molecule has 1 aromatic rings. The second-order valence-corrected chi connectivity index (χ2v) is 3.71. The van der Waals surface area contributed by atoms with Crippen molar-refractivity contribution in [1.82, 2.24) is 0 Å². The lowest BCUT2D eigenvalue weighted by Crippen LogP contribution is -2.24. The minimum absolute atomic E-state index is 0. The Labute approximate surface area is 101 Å². The average molecular weight is 246 g/mol. The van der Waals surface area contributed by atoms with Crippen LogP contribution < -0.4 is 15.2 Å². The number of hydrogen-bond donors (Lipinski definition) is 2. The average Bonchev–Trinajstić information content (AvgIpc) is 2.27. The van der Waals surface area contributed by atoms with Crippen LogP contribution in [0.15, 0.2) is 18.2 Å². The predicted octanol–water partition coefficient (Wildman–Crippen LogP) is 1.26. The van der Waals surface area contributed by atoms with Crippen molar-refractivity contribution < 1.29 is 14.6 Å². The molecule has 1 aliphatic heterocycles. The first-order chi connectivity index (χ1) is 7.18. The molecule has 1 aromatic carbocycles. The molecule has 16 heavy (non-hydrogen) atoms. The Morgan fingerprint density at radius 2 is 1.88 bits per heavy atom. The van der Waals surface area contributed by atoms with Gasteiger partial charge in [-0.2, -0.15) is 0 Å². The molecule has 1 aliphatic rings. The molecule has 1 heterocycles. The van der Waals surface area contributed by atoms with Gasteiger partial charge in [0.05, 0.1) is 6.10 Å². The molecule has 0 spiro atoms. The van der Waals surface area contributed by atoms with Crippen LogP contribution in [0.25, 0.3) is 0 Å². The van der Waals surface area contributed by atoms with Gasteiger partial charge < -0.3 is 20.3 Å². The van der Waals surface area contributed by atoms with Gasteiger partial charge in [0.25, 0.3) is 0 Å². The van der Waals surface area contributed by atoms with E-state index in [0.29, 0.717) is 19.0 Å². The molecule has 4 nitrogen and oxygen atoms in total. The lowest BCUT2D eigenvalue weighted by atomic mass is 10.0. The summed E-state index contributed by atoms with van der Waals surface area (Å²) in [5.41, 5.74) is 6.38. The maximum Gasteiger partial charge on any atom is 0.161 e. The van der Waals surface area contributed by atoms with E-state index < -0.39 is 6.10 Å². The molecule has 2 atom stereocenters. The van der Waals surface area contributed by atoms with Crippen LogP contribution in [0.1, 0.15) is 18.6 Å². The van der Waals surface area contributed by atoms with Gasteiger partial charge in [0.1, 0.15) is 13.2 Å². The molecule has 0 unspecified atom stereocenters. The second-order valence-electron chi connectivity index (χ2n) is 3.71. The van der Waals surface area contributed by atoms with Gasteiger partial charge in [-0.15, -0.1) is 12.4 Å². The van der Waals surface area contributed by atoms with Crippen LogP contribution in [0, 0.1) is 0 Å². The summed E-state index contributed by atoms with van der Waals surface area (Å²) < 4.78 is 10.8. The zero-order chi connectivity index (χ0) is 10.8. The third-order valence-electron chi connectivity index (χ3n) is 2.41. The molecular weight excluding hydrogens is 230 g/mol. The Hall–Kier alpha value is -0.970. The van der Waals surface area contributed by atoms with Crippen molar-refractivity contribution in [2.45, 2.75) is 19.1 Å². The molecule has 2 rings (SSSR count). The first-order valence-corrected chi connectivity index (χ1v) is 5.01. The van der Waals surface area contributed by atoms with E-state index in [9.17, 15) is 5.11 Å². The molecule has 0 saturated carbocycles. The van der Waals surface area contributed by atoms with Gasteiger partial charge in [0, 0.05) is 6.04 Å². The monoisotopic (exact) mass is 245 g/mol. The van der Waals surface area contributed by atoms with Crippen molar-refractivity contribution in [3.63, 3.8) is 0 Å². The Balaban J connectivity index is 0.00000128. The number of aliphatic hydroxyl groups excluding tert-OH is 1. The molecular formula is C11H16ClNO3. The normalized spacial score (nSPS) is 17.2. The van der Waals surface area contributed by atoms with Crippen molar-refractivity contribution in [2.75, 3.05) is 13.2 Å². The van der Waals surface area contributed by atoms with Crippen molar-refractivity contribution in [2.24, 2.45) is 5.73 Å². The topological polar surface area (TPSA) is 64.7 Å². The molecule has 0 fully saturated rings. The van der Waals surface area contributed by atoms with E-state index in [1.54, 1.807) is 19.1 Å². The number of nitrogens with two attached hydrogens (primary N) is 1. The third kappa shape index (κ3) is 2.58. The molecule has 0 radical (unpaired) electrons. The second kappa shape index (κ2) is 5.39. The number of halogens is 1. The lowest BCUT2D eigenvalue weighted by Gasteiger charge is -2.21. The maximum absolute atomic E-state index is 9.78. The summed E-state index contributed by atoms with van der Waals surface area (Å²) in [6, 6.07) is 5.09.